The van der Waals surface area contributed by atoms with Crippen molar-refractivity contribution in [1.29, 1.82) is 0 Å². The zero-order chi connectivity index (χ0) is 16.9. The summed E-state index contributed by atoms with van der Waals surface area (Å²) in [6.45, 7) is 5.03. The molecule has 3 aromatic heterocycles. The van der Waals surface area contributed by atoms with Gasteiger partial charge in [0.05, 0.1) is 10.8 Å². The maximum atomic E-state index is 12.6. The molecule has 0 aliphatic rings. The molecule has 3 heterocycles. The van der Waals surface area contributed by atoms with Crippen LogP contribution in [-0.4, -0.2) is 21.1 Å². The van der Waals surface area contributed by atoms with E-state index in [1.165, 1.54) is 16.6 Å². The van der Waals surface area contributed by atoms with E-state index in [9.17, 15) is 4.79 Å². The summed E-state index contributed by atoms with van der Waals surface area (Å²) in [5.41, 5.74) is 3.05. The fourth-order valence-corrected chi connectivity index (χ4v) is 4.20. The molecule has 0 bridgehead atoms. The van der Waals surface area contributed by atoms with Crippen molar-refractivity contribution in [2.45, 2.75) is 31.8 Å². The summed E-state index contributed by atoms with van der Waals surface area (Å²) < 4.78 is 2.25. The average Bonchev–Trinajstić information content (AvgIpc) is 3.20. The number of aromatic nitrogens is 2. The number of hydrogen-bond acceptors (Lipinski definition) is 4. The molecule has 0 amide bonds. The highest BCUT2D eigenvalue weighted by Crippen LogP contribution is 2.21. The molecule has 3 nitrogen and oxygen atoms in total. The summed E-state index contributed by atoms with van der Waals surface area (Å²) in [5.74, 6) is 0.591. The number of nitrogens with zero attached hydrogens (tertiary/aromatic N) is 2. The van der Waals surface area contributed by atoms with E-state index < -0.39 is 0 Å². The zero-order valence-corrected chi connectivity index (χ0v) is 15.5. The summed E-state index contributed by atoms with van der Waals surface area (Å²) in [5, 5.41) is 2.99. The SMILES string of the molecule is Cc1cc(C(=O)CSc2ccccn2)c(C)n1CCc1cccs1. The third kappa shape index (κ3) is 3.97. The molecular weight excluding hydrogens is 336 g/mol. The standard InChI is InChI=1S/C19H20N2OS2/c1-14-12-17(18(22)13-24-19-7-3-4-9-20-19)15(2)21(14)10-8-16-6-5-11-23-16/h3-7,9,11-12H,8,10,13H2,1-2H3. The van der Waals surface area contributed by atoms with Gasteiger partial charge in [-0.25, -0.2) is 4.98 Å². The first-order valence-electron chi connectivity index (χ1n) is 7.91. The highest BCUT2D eigenvalue weighted by atomic mass is 32.2. The van der Waals surface area contributed by atoms with Crippen molar-refractivity contribution in [1.82, 2.24) is 9.55 Å². The molecule has 3 rings (SSSR count). The Morgan fingerprint density at radius 2 is 2.12 bits per heavy atom. The highest BCUT2D eigenvalue weighted by Gasteiger charge is 2.16. The fourth-order valence-electron chi connectivity index (χ4n) is 2.75. The van der Waals surface area contributed by atoms with Gasteiger partial charge in [-0.1, -0.05) is 23.9 Å². The molecule has 0 spiro atoms. The van der Waals surface area contributed by atoms with E-state index in [2.05, 4.69) is 34.0 Å². The number of pyridine rings is 1. The molecule has 0 aliphatic heterocycles. The van der Waals surface area contributed by atoms with Crippen molar-refractivity contribution >= 4 is 28.9 Å². The van der Waals surface area contributed by atoms with E-state index in [0.717, 1.165) is 34.9 Å². The van der Waals surface area contributed by atoms with Crippen LogP contribution in [0.2, 0.25) is 0 Å². The third-order valence-electron chi connectivity index (χ3n) is 4.02. The largest absolute Gasteiger partial charge is 0.348 e. The maximum Gasteiger partial charge on any atom is 0.174 e. The number of thioether (sulfide) groups is 1. The zero-order valence-electron chi connectivity index (χ0n) is 13.9. The van der Waals surface area contributed by atoms with Crippen molar-refractivity contribution in [3.63, 3.8) is 0 Å². The molecule has 0 fully saturated rings. The van der Waals surface area contributed by atoms with Crippen LogP contribution in [0, 0.1) is 13.8 Å². The smallest absolute Gasteiger partial charge is 0.174 e. The third-order valence-corrected chi connectivity index (χ3v) is 5.90. The number of thiophene rings is 1. The van der Waals surface area contributed by atoms with Crippen LogP contribution in [0.5, 0.6) is 0 Å². The van der Waals surface area contributed by atoms with Crippen molar-refractivity contribution in [3.05, 3.63) is 69.8 Å². The van der Waals surface area contributed by atoms with E-state index in [0.29, 0.717) is 5.75 Å². The summed E-state index contributed by atoms with van der Waals surface area (Å²) >= 11 is 3.27. The number of carbonyl (C=O) groups is 1. The Hall–Kier alpha value is -1.85. The summed E-state index contributed by atoms with van der Waals surface area (Å²) in [6.07, 6.45) is 2.76. The Bertz CT molecular complexity index is 808. The van der Waals surface area contributed by atoms with Gasteiger partial charge < -0.3 is 4.57 Å². The van der Waals surface area contributed by atoms with Crippen LogP contribution in [0.3, 0.4) is 0 Å². The number of ketones is 1. The van der Waals surface area contributed by atoms with Gasteiger partial charge in [0.1, 0.15) is 0 Å². The van der Waals surface area contributed by atoms with E-state index in [1.54, 1.807) is 17.5 Å². The second-order valence-electron chi connectivity index (χ2n) is 5.65. The monoisotopic (exact) mass is 356 g/mol. The van der Waals surface area contributed by atoms with Gasteiger partial charge >= 0.3 is 0 Å². The van der Waals surface area contributed by atoms with Crippen LogP contribution in [0.15, 0.2) is 53.0 Å². The molecule has 24 heavy (non-hydrogen) atoms. The molecule has 0 N–H and O–H groups in total. The van der Waals surface area contributed by atoms with Crippen LogP contribution < -0.4 is 0 Å². The Morgan fingerprint density at radius 1 is 1.25 bits per heavy atom. The molecule has 0 aliphatic carbocycles. The molecule has 0 atom stereocenters. The molecule has 0 aromatic carbocycles. The van der Waals surface area contributed by atoms with Gasteiger partial charge in [0.15, 0.2) is 5.78 Å². The lowest BCUT2D eigenvalue weighted by molar-refractivity contribution is 0.102. The number of carbonyl (C=O) groups excluding carboxylic acids is 1. The van der Waals surface area contributed by atoms with Crippen LogP contribution in [-0.2, 0) is 13.0 Å². The molecule has 0 saturated carbocycles. The van der Waals surface area contributed by atoms with Crippen molar-refractivity contribution < 1.29 is 4.79 Å². The minimum atomic E-state index is 0.168. The lowest BCUT2D eigenvalue weighted by Gasteiger charge is -2.09. The van der Waals surface area contributed by atoms with Crippen LogP contribution in [0.25, 0.3) is 0 Å². The average molecular weight is 357 g/mol. The van der Waals surface area contributed by atoms with Crippen LogP contribution in [0.1, 0.15) is 26.6 Å². The predicted octanol–water partition coefficient (Wildman–Crippen LogP) is 4.78. The predicted molar refractivity (Wildman–Crippen MR) is 101 cm³/mol. The first kappa shape index (κ1) is 17.0. The Kier molecular flexibility index (Phi) is 5.53. The topological polar surface area (TPSA) is 34.9 Å². The quantitative estimate of drug-likeness (QED) is 0.451. The summed E-state index contributed by atoms with van der Waals surface area (Å²) in [7, 11) is 0. The molecule has 0 unspecified atom stereocenters. The number of hydrogen-bond donors (Lipinski definition) is 0. The summed E-state index contributed by atoms with van der Waals surface area (Å²) in [4.78, 5) is 18.2. The molecular formula is C19H20N2OS2. The van der Waals surface area contributed by atoms with E-state index in [1.807, 2.05) is 31.2 Å². The molecule has 124 valence electrons. The van der Waals surface area contributed by atoms with Crippen molar-refractivity contribution in [3.8, 4) is 0 Å². The minimum absolute atomic E-state index is 0.168. The van der Waals surface area contributed by atoms with Crippen molar-refractivity contribution in [2.75, 3.05) is 5.75 Å². The van der Waals surface area contributed by atoms with Crippen LogP contribution in [0.4, 0.5) is 0 Å². The van der Waals surface area contributed by atoms with Gasteiger partial charge in [-0.05, 0) is 49.9 Å². The Labute approximate surface area is 150 Å². The van der Waals surface area contributed by atoms with E-state index >= 15 is 0 Å². The van der Waals surface area contributed by atoms with Gasteiger partial charge in [-0.15, -0.1) is 11.3 Å². The second-order valence-corrected chi connectivity index (χ2v) is 7.67. The fraction of sp³-hybridized carbons (Fsp3) is 0.263. The van der Waals surface area contributed by atoms with Gasteiger partial charge in [-0.3, -0.25) is 4.79 Å². The first-order valence-corrected chi connectivity index (χ1v) is 9.78. The Balaban J connectivity index is 1.67. The minimum Gasteiger partial charge on any atom is -0.348 e. The lowest BCUT2D eigenvalue weighted by atomic mass is 10.2. The van der Waals surface area contributed by atoms with E-state index in [4.69, 9.17) is 0 Å². The number of aryl methyl sites for hydroxylation is 2. The van der Waals surface area contributed by atoms with Gasteiger partial charge in [0.25, 0.3) is 0 Å². The molecule has 5 heteroatoms. The van der Waals surface area contributed by atoms with Crippen molar-refractivity contribution in [2.24, 2.45) is 0 Å². The first-order chi connectivity index (χ1) is 11.6. The highest BCUT2D eigenvalue weighted by molar-refractivity contribution is 7.99. The molecule has 3 aromatic rings. The second kappa shape index (κ2) is 7.81. The lowest BCUT2D eigenvalue weighted by Crippen LogP contribution is -2.08. The summed E-state index contributed by atoms with van der Waals surface area (Å²) in [6, 6.07) is 12.0. The van der Waals surface area contributed by atoms with Gasteiger partial charge in [0.2, 0.25) is 0 Å². The molecule has 0 radical (unpaired) electrons. The van der Waals surface area contributed by atoms with Gasteiger partial charge in [0, 0.05) is 34.6 Å². The number of rotatable bonds is 7. The Morgan fingerprint density at radius 3 is 2.83 bits per heavy atom. The molecule has 0 saturated heterocycles. The number of Topliss-reactive ketones (excluding diaryl/α,β-unsaturated/α-hetero) is 1. The van der Waals surface area contributed by atoms with E-state index in [-0.39, 0.29) is 5.78 Å². The van der Waals surface area contributed by atoms with Crippen LogP contribution >= 0.6 is 23.1 Å². The normalized spacial score (nSPS) is 10.9. The maximum absolute atomic E-state index is 12.6. The van der Waals surface area contributed by atoms with Gasteiger partial charge in [-0.2, -0.15) is 0 Å².